The number of rotatable bonds is 9. The molecule has 34 heavy (non-hydrogen) atoms. The molecule has 0 saturated heterocycles. The van der Waals surface area contributed by atoms with Crippen molar-refractivity contribution in [2.75, 3.05) is 31.7 Å². The van der Waals surface area contributed by atoms with Gasteiger partial charge in [-0.05, 0) is 36.1 Å². The van der Waals surface area contributed by atoms with Gasteiger partial charge in [0.05, 0.1) is 17.9 Å². The van der Waals surface area contributed by atoms with Gasteiger partial charge in [0.1, 0.15) is 17.8 Å². The van der Waals surface area contributed by atoms with Gasteiger partial charge in [0, 0.05) is 37.7 Å². The number of benzene rings is 1. The van der Waals surface area contributed by atoms with Crippen molar-refractivity contribution in [1.82, 2.24) is 9.88 Å². The number of aromatic nitrogens is 1. The highest BCUT2D eigenvalue weighted by atomic mass is 32.1. The predicted molar refractivity (Wildman–Crippen MR) is 141 cm³/mol. The Balaban J connectivity index is 0.00000342. The lowest BCUT2D eigenvalue weighted by Gasteiger charge is -2.24. The van der Waals surface area contributed by atoms with E-state index in [0.29, 0.717) is 19.8 Å². The molecule has 0 aliphatic carbocycles. The number of nitrogens with one attached hydrogen (secondary N) is 1. The van der Waals surface area contributed by atoms with Crippen molar-refractivity contribution in [3.63, 3.8) is 0 Å². The Kier molecular flexibility index (Phi) is 8.32. The van der Waals surface area contributed by atoms with Crippen LogP contribution in [0.3, 0.4) is 0 Å². The number of ether oxygens (including phenoxy) is 1. The topological polar surface area (TPSA) is 61.2 Å². The third-order valence-corrected chi connectivity index (χ3v) is 7.01. The number of allylic oxidation sites excluding steroid dienone is 1. The molecule has 0 amide bonds. The molecule has 1 N–H and O–H groups in total. The number of hydrogen-bond donors (Lipinski definition) is 1. The predicted octanol–water partition coefficient (Wildman–Crippen LogP) is 5.67. The summed E-state index contributed by atoms with van der Waals surface area (Å²) < 4.78 is 5.70. The lowest BCUT2D eigenvalue weighted by Crippen LogP contribution is -2.27. The molecule has 6 heteroatoms. The second-order valence-corrected chi connectivity index (χ2v) is 9.04. The van der Waals surface area contributed by atoms with E-state index >= 15 is 0 Å². The molecule has 2 aromatic heterocycles. The maximum Gasteiger partial charge on any atom is 0.117 e. The average Bonchev–Trinajstić information content (AvgIpc) is 3.09. The molecular weight excluding hydrogens is 440 g/mol. The Hall–Kier alpha value is -3.62. The number of nitriles is 1. The molecule has 0 saturated carbocycles. The molecule has 1 aliphatic heterocycles. The van der Waals surface area contributed by atoms with Gasteiger partial charge < -0.3 is 15.0 Å². The highest BCUT2D eigenvalue weighted by Crippen LogP contribution is 2.35. The second kappa shape index (κ2) is 12.0. The number of thiophene rings is 1. The van der Waals surface area contributed by atoms with Crippen LogP contribution in [0.4, 0.5) is 5.00 Å². The number of hydrogen-bond acceptors (Lipinski definition) is 6. The average molecular weight is 471 g/mol. The van der Waals surface area contributed by atoms with Gasteiger partial charge in [0.2, 0.25) is 0 Å². The molecule has 5 nitrogen and oxygen atoms in total. The third-order valence-electron chi connectivity index (χ3n) is 5.76. The van der Waals surface area contributed by atoms with Gasteiger partial charge in [0.25, 0.3) is 0 Å². The molecule has 4 rings (SSSR count). The molecule has 174 valence electrons. The Morgan fingerprint density at radius 2 is 2.03 bits per heavy atom. The van der Waals surface area contributed by atoms with Crippen LogP contribution in [0.5, 0.6) is 0 Å². The quantitative estimate of drug-likeness (QED) is 0.248. The fourth-order valence-electron chi connectivity index (χ4n) is 4.04. The van der Waals surface area contributed by atoms with Gasteiger partial charge in [-0.15, -0.1) is 17.1 Å². The number of anilines is 1. The summed E-state index contributed by atoms with van der Waals surface area (Å²) >= 11 is 1.67. The van der Waals surface area contributed by atoms with Gasteiger partial charge in [-0.3, -0.25) is 4.98 Å². The molecular formula is C28H30N4OS. The fraction of sp³-hybridized carbons (Fsp3) is 0.250. The minimum atomic E-state index is 0. The van der Waals surface area contributed by atoms with Crippen molar-refractivity contribution in [3.8, 4) is 6.07 Å². The minimum absolute atomic E-state index is 0. The van der Waals surface area contributed by atoms with Crippen LogP contribution in [0.15, 0.2) is 78.8 Å². The van der Waals surface area contributed by atoms with Crippen molar-refractivity contribution >= 4 is 22.4 Å². The summed E-state index contributed by atoms with van der Waals surface area (Å²) in [5.74, 6) is 0. The van der Waals surface area contributed by atoms with E-state index in [1.165, 1.54) is 4.88 Å². The largest absolute Gasteiger partial charge is 0.368 e. The summed E-state index contributed by atoms with van der Waals surface area (Å²) in [6, 6.07) is 18.5. The zero-order valence-corrected chi connectivity index (χ0v) is 20.0. The number of nitrogens with zero attached hydrogens (tertiary/aromatic N) is 3. The van der Waals surface area contributed by atoms with E-state index in [9.17, 15) is 5.26 Å². The smallest absolute Gasteiger partial charge is 0.117 e. The first-order valence-electron chi connectivity index (χ1n) is 11.4. The van der Waals surface area contributed by atoms with Crippen LogP contribution < -0.4 is 5.32 Å². The Morgan fingerprint density at radius 1 is 1.21 bits per heavy atom. The standard InChI is InChI=1S/C28H28N4OS.H2/c1-2-24(19-23-12-6-7-15-30-23)32-16-13-25-26(20-29)28(34-27(25)14-17-32)31-21-33-18-8-11-22-9-4-3-5-10-22;/h3-12,15,31H,1,13-14,16-19,21H2;1H/b11-8+;. The van der Waals surface area contributed by atoms with Crippen LogP contribution in [-0.2, 0) is 24.0 Å². The van der Waals surface area contributed by atoms with Crippen LogP contribution in [0.25, 0.3) is 6.08 Å². The lowest BCUT2D eigenvalue weighted by molar-refractivity contribution is 0.183. The lowest BCUT2D eigenvalue weighted by atomic mass is 10.1. The summed E-state index contributed by atoms with van der Waals surface area (Å²) in [4.78, 5) is 8.03. The maximum absolute atomic E-state index is 9.85. The molecule has 0 fully saturated rings. The summed E-state index contributed by atoms with van der Waals surface area (Å²) in [5, 5.41) is 14.1. The van der Waals surface area contributed by atoms with Gasteiger partial charge in [-0.2, -0.15) is 5.26 Å². The zero-order valence-electron chi connectivity index (χ0n) is 19.2. The normalized spacial score (nSPS) is 13.1. The monoisotopic (exact) mass is 470 g/mol. The van der Waals surface area contributed by atoms with Gasteiger partial charge >= 0.3 is 0 Å². The van der Waals surface area contributed by atoms with Crippen LogP contribution in [0.1, 0.15) is 28.7 Å². The van der Waals surface area contributed by atoms with Crippen molar-refractivity contribution in [3.05, 3.63) is 106 Å². The van der Waals surface area contributed by atoms with Crippen molar-refractivity contribution in [2.24, 2.45) is 0 Å². The van der Waals surface area contributed by atoms with Crippen LogP contribution in [0, 0.1) is 11.3 Å². The molecule has 0 bridgehead atoms. The van der Waals surface area contributed by atoms with Crippen LogP contribution >= 0.6 is 11.3 Å². The van der Waals surface area contributed by atoms with Gasteiger partial charge in [0.15, 0.2) is 0 Å². The van der Waals surface area contributed by atoms with E-state index in [2.05, 4.69) is 45.7 Å². The fourth-order valence-corrected chi connectivity index (χ4v) is 5.21. The summed E-state index contributed by atoms with van der Waals surface area (Å²) in [6.07, 6.45) is 8.28. The van der Waals surface area contributed by atoms with E-state index in [1.807, 2.05) is 54.7 Å². The summed E-state index contributed by atoms with van der Waals surface area (Å²) in [7, 11) is 0. The third kappa shape index (κ3) is 6.03. The first-order valence-corrected chi connectivity index (χ1v) is 12.2. The van der Waals surface area contributed by atoms with Crippen LogP contribution in [0.2, 0.25) is 0 Å². The Morgan fingerprint density at radius 3 is 2.79 bits per heavy atom. The second-order valence-electron chi connectivity index (χ2n) is 7.93. The Bertz CT molecular complexity index is 1210. The van der Waals surface area contributed by atoms with Crippen molar-refractivity contribution < 1.29 is 6.16 Å². The van der Waals surface area contributed by atoms with E-state index in [-0.39, 0.29) is 1.43 Å². The highest BCUT2D eigenvalue weighted by molar-refractivity contribution is 7.16. The van der Waals surface area contributed by atoms with Gasteiger partial charge in [-0.25, -0.2) is 0 Å². The number of fused-ring (bicyclic) bond motifs is 1. The number of pyridine rings is 1. The van der Waals surface area contributed by atoms with E-state index in [0.717, 1.165) is 59.0 Å². The van der Waals surface area contributed by atoms with E-state index < -0.39 is 0 Å². The molecule has 0 unspecified atom stereocenters. The first kappa shape index (κ1) is 23.5. The van der Waals surface area contributed by atoms with Crippen molar-refractivity contribution in [2.45, 2.75) is 19.3 Å². The molecule has 3 heterocycles. The van der Waals surface area contributed by atoms with Crippen LogP contribution in [-0.4, -0.2) is 36.3 Å². The molecule has 3 aromatic rings. The molecule has 0 atom stereocenters. The van der Waals surface area contributed by atoms with E-state index in [4.69, 9.17) is 4.74 Å². The summed E-state index contributed by atoms with van der Waals surface area (Å²) in [6.45, 7) is 6.50. The molecule has 0 radical (unpaired) electrons. The summed E-state index contributed by atoms with van der Waals surface area (Å²) in [5.41, 5.74) is 8.24. The molecule has 0 spiro atoms. The van der Waals surface area contributed by atoms with E-state index in [1.54, 1.807) is 11.3 Å². The molecule has 1 aliphatic rings. The first-order chi connectivity index (χ1) is 16.8. The maximum atomic E-state index is 9.85. The Labute approximate surface area is 206 Å². The highest BCUT2D eigenvalue weighted by Gasteiger charge is 2.23. The minimum Gasteiger partial charge on any atom is -0.368 e. The SMILES string of the molecule is C=C=C(Cc1ccccn1)N1CCc2sc(NCOC/C=C/c3ccccc3)c(C#N)c2CC1.[HH]. The molecule has 1 aromatic carbocycles. The zero-order chi connectivity index (χ0) is 23.6. The van der Waals surface area contributed by atoms with Crippen molar-refractivity contribution in [1.29, 1.82) is 5.26 Å². The van der Waals surface area contributed by atoms with Gasteiger partial charge in [-0.1, -0.05) is 55.1 Å².